The summed E-state index contributed by atoms with van der Waals surface area (Å²) in [4.78, 5) is 15.3. The van der Waals surface area contributed by atoms with E-state index in [0.717, 1.165) is 38.6 Å². The van der Waals surface area contributed by atoms with E-state index in [1.54, 1.807) is 0 Å². The van der Waals surface area contributed by atoms with Gasteiger partial charge in [0.05, 0.1) is 12.3 Å². The molecule has 162 valence electrons. The first-order chi connectivity index (χ1) is 14.3. The molecule has 0 spiro atoms. The van der Waals surface area contributed by atoms with E-state index in [2.05, 4.69) is 17.1 Å². The molecule has 1 aliphatic heterocycles. The van der Waals surface area contributed by atoms with E-state index in [9.17, 15) is 4.79 Å². The van der Waals surface area contributed by atoms with E-state index in [1.807, 2.05) is 24.3 Å². The number of hydrogen-bond donors (Lipinski definition) is 1. The van der Waals surface area contributed by atoms with Crippen LogP contribution in [0, 0.1) is 5.92 Å². The van der Waals surface area contributed by atoms with Gasteiger partial charge in [0, 0.05) is 12.5 Å². The van der Waals surface area contributed by atoms with Gasteiger partial charge in [0.25, 0.3) is 0 Å². The summed E-state index contributed by atoms with van der Waals surface area (Å²) in [6.07, 6.45) is 11.4. The highest BCUT2D eigenvalue weighted by atomic mass is 16.6. The highest BCUT2D eigenvalue weighted by molar-refractivity contribution is 5.86. The van der Waals surface area contributed by atoms with Crippen LogP contribution in [0.5, 0.6) is 5.75 Å². The second-order valence-corrected chi connectivity index (χ2v) is 8.53. The average Bonchev–Trinajstić information content (AvgIpc) is 2.95. The van der Waals surface area contributed by atoms with Crippen molar-refractivity contribution in [2.75, 3.05) is 31.6 Å². The first-order valence-electron chi connectivity index (χ1n) is 11.7. The molecule has 1 aliphatic carbocycles. The Hall–Kier alpha value is -1.75. The predicted octanol–water partition coefficient (Wildman–Crippen LogP) is 5.85. The molecule has 5 nitrogen and oxygen atoms in total. The second kappa shape index (κ2) is 12.1. The fourth-order valence-corrected chi connectivity index (χ4v) is 4.49. The number of rotatable bonds is 8. The summed E-state index contributed by atoms with van der Waals surface area (Å²) >= 11 is 0. The van der Waals surface area contributed by atoms with Gasteiger partial charge in [-0.05, 0) is 63.7 Å². The van der Waals surface area contributed by atoms with Gasteiger partial charge < -0.3 is 14.4 Å². The second-order valence-electron chi connectivity index (χ2n) is 8.53. The molecular formula is C24H38N2O3. The maximum absolute atomic E-state index is 12.7. The Morgan fingerprint density at radius 2 is 1.83 bits per heavy atom. The molecule has 5 heteroatoms. The number of anilines is 1. The summed E-state index contributed by atoms with van der Waals surface area (Å²) in [5.41, 5.74) is 0.690. The highest BCUT2D eigenvalue weighted by Crippen LogP contribution is 2.29. The Kier molecular flexibility index (Phi) is 9.13. The highest BCUT2D eigenvalue weighted by Gasteiger charge is 2.29. The van der Waals surface area contributed by atoms with Gasteiger partial charge in [-0.15, -0.1) is 0 Å². The van der Waals surface area contributed by atoms with E-state index in [1.165, 1.54) is 45.2 Å². The number of benzene rings is 1. The molecule has 1 heterocycles. The summed E-state index contributed by atoms with van der Waals surface area (Å²) < 4.78 is 11.8. The zero-order chi connectivity index (χ0) is 20.3. The van der Waals surface area contributed by atoms with E-state index in [4.69, 9.17) is 9.47 Å². The smallest absolute Gasteiger partial charge is 0.412 e. The molecule has 1 saturated heterocycles. The molecular weight excluding hydrogens is 364 g/mol. The SMILES string of the molecule is CCCCOc1ccccc1NC(=O)O[C@H]1CCCCC[C@@H]1CN1CCCCC1. The molecule has 3 rings (SSSR count). The summed E-state index contributed by atoms with van der Waals surface area (Å²) in [6, 6.07) is 7.61. The minimum atomic E-state index is -0.355. The normalized spacial score (nSPS) is 23.2. The molecule has 29 heavy (non-hydrogen) atoms. The van der Waals surface area contributed by atoms with Crippen LogP contribution in [0.25, 0.3) is 0 Å². The van der Waals surface area contributed by atoms with Crippen LogP contribution in [0.1, 0.15) is 71.1 Å². The average molecular weight is 403 g/mol. The van der Waals surface area contributed by atoms with Crippen molar-refractivity contribution < 1.29 is 14.3 Å². The van der Waals surface area contributed by atoms with Crippen molar-refractivity contribution in [3.8, 4) is 5.75 Å². The molecule has 0 bridgehead atoms. The molecule has 0 radical (unpaired) electrons. The number of para-hydroxylation sites is 2. The lowest BCUT2D eigenvalue weighted by atomic mass is 9.95. The van der Waals surface area contributed by atoms with Gasteiger partial charge in [0.2, 0.25) is 0 Å². The molecule has 1 saturated carbocycles. The molecule has 1 N–H and O–H groups in total. The summed E-state index contributed by atoms with van der Waals surface area (Å²) in [5.74, 6) is 1.15. The summed E-state index contributed by atoms with van der Waals surface area (Å²) in [6.45, 7) is 6.24. The van der Waals surface area contributed by atoms with Crippen LogP contribution >= 0.6 is 0 Å². The maximum atomic E-state index is 12.7. The number of unbranched alkanes of at least 4 members (excludes halogenated alkanes) is 1. The third-order valence-electron chi connectivity index (χ3n) is 6.17. The van der Waals surface area contributed by atoms with Crippen molar-refractivity contribution in [3.63, 3.8) is 0 Å². The van der Waals surface area contributed by atoms with Gasteiger partial charge in [0.15, 0.2) is 0 Å². The lowest BCUT2D eigenvalue weighted by molar-refractivity contribution is 0.0471. The summed E-state index contributed by atoms with van der Waals surface area (Å²) in [5, 5.41) is 2.93. The molecule has 1 amide bonds. The largest absolute Gasteiger partial charge is 0.491 e. The molecule has 2 fully saturated rings. The fourth-order valence-electron chi connectivity index (χ4n) is 4.49. The quantitative estimate of drug-likeness (QED) is 0.438. The molecule has 2 atom stereocenters. The standard InChI is InChI=1S/C24H38N2O3/c1-2-3-18-28-23-15-9-8-13-21(23)25-24(27)29-22-14-7-4-6-12-20(22)19-26-16-10-5-11-17-26/h8-9,13,15,20,22H,2-7,10-12,14,16-19H2,1H3,(H,25,27)/t20-,22+/m1/s1. The van der Waals surface area contributed by atoms with Crippen molar-refractivity contribution in [1.29, 1.82) is 0 Å². The van der Waals surface area contributed by atoms with Crippen molar-refractivity contribution >= 4 is 11.8 Å². The van der Waals surface area contributed by atoms with E-state index in [-0.39, 0.29) is 12.2 Å². The molecule has 0 unspecified atom stereocenters. The lowest BCUT2D eigenvalue weighted by Gasteiger charge is -2.33. The van der Waals surface area contributed by atoms with Crippen LogP contribution in [-0.2, 0) is 4.74 Å². The third-order valence-corrected chi connectivity index (χ3v) is 6.17. The van der Waals surface area contributed by atoms with Crippen molar-refractivity contribution in [2.24, 2.45) is 5.92 Å². The van der Waals surface area contributed by atoms with E-state index >= 15 is 0 Å². The Morgan fingerprint density at radius 1 is 1.07 bits per heavy atom. The van der Waals surface area contributed by atoms with E-state index in [0.29, 0.717) is 24.0 Å². The first kappa shape index (κ1) is 21.9. The van der Waals surface area contributed by atoms with Crippen molar-refractivity contribution in [2.45, 2.75) is 77.2 Å². The van der Waals surface area contributed by atoms with E-state index < -0.39 is 0 Å². The third kappa shape index (κ3) is 7.22. The van der Waals surface area contributed by atoms with Crippen LogP contribution in [-0.4, -0.2) is 43.3 Å². The Balaban J connectivity index is 1.57. The number of likely N-dealkylation sites (tertiary alicyclic amines) is 1. The number of carbonyl (C=O) groups excluding carboxylic acids is 1. The van der Waals surface area contributed by atoms with Gasteiger partial charge in [-0.1, -0.05) is 44.7 Å². The van der Waals surface area contributed by atoms with Gasteiger partial charge in [-0.25, -0.2) is 4.79 Å². The zero-order valence-corrected chi connectivity index (χ0v) is 18.0. The molecule has 0 aromatic heterocycles. The first-order valence-corrected chi connectivity index (χ1v) is 11.7. The fraction of sp³-hybridized carbons (Fsp3) is 0.708. The monoisotopic (exact) mass is 402 g/mol. The van der Waals surface area contributed by atoms with Crippen molar-refractivity contribution in [1.82, 2.24) is 4.90 Å². The topological polar surface area (TPSA) is 50.8 Å². The summed E-state index contributed by atoms with van der Waals surface area (Å²) in [7, 11) is 0. The van der Waals surface area contributed by atoms with Gasteiger partial charge in [0.1, 0.15) is 11.9 Å². The lowest BCUT2D eigenvalue weighted by Crippen LogP contribution is -2.39. The number of nitrogens with one attached hydrogen (secondary N) is 1. The molecule has 1 aromatic carbocycles. The number of amides is 1. The van der Waals surface area contributed by atoms with Crippen LogP contribution in [0.15, 0.2) is 24.3 Å². The van der Waals surface area contributed by atoms with Crippen molar-refractivity contribution in [3.05, 3.63) is 24.3 Å². The zero-order valence-electron chi connectivity index (χ0n) is 18.0. The van der Waals surface area contributed by atoms with Crippen LogP contribution in [0.3, 0.4) is 0 Å². The number of ether oxygens (including phenoxy) is 2. The number of hydrogen-bond acceptors (Lipinski definition) is 4. The van der Waals surface area contributed by atoms with Crippen LogP contribution < -0.4 is 10.1 Å². The molecule has 1 aromatic rings. The number of piperidine rings is 1. The van der Waals surface area contributed by atoms with Gasteiger partial charge in [-0.2, -0.15) is 0 Å². The Morgan fingerprint density at radius 3 is 2.66 bits per heavy atom. The minimum Gasteiger partial charge on any atom is -0.491 e. The maximum Gasteiger partial charge on any atom is 0.412 e. The Bertz CT molecular complexity index is 616. The van der Waals surface area contributed by atoms with Gasteiger partial charge in [-0.3, -0.25) is 5.32 Å². The Labute approximate surface area is 176 Å². The number of carbonyl (C=O) groups is 1. The number of nitrogens with zero attached hydrogens (tertiary/aromatic N) is 1. The predicted molar refractivity (Wildman–Crippen MR) is 118 cm³/mol. The minimum absolute atomic E-state index is 0.00704. The van der Waals surface area contributed by atoms with Crippen LogP contribution in [0.2, 0.25) is 0 Å². The molecule has 2 aliphatic rings. The van der Waals surface area contributed by atoms with Gasteiger partial charge >= 0.3 is 6.09 Å². The van der Waals surface area contributed by atoms with Crippen LogP contribution in [0.4, 0.5) is 10.5 Å².